The molecule has 1 N–H and O–H groups in total. The van der Waals surface area contributed by atoms with Crippen molar-refractivity contribution in [3.63, 3.8) is 0 Å². The summed E-state index contributed by atoms with van der Waals surface area (Å²) < 4.78 is 4.64. The Morgan fingerprint density at radius 1 is 1.56 bits per heavy atom. The third kappa shape index (κ3) is 3.56. The molecule has 0 aromatic rings. The van der Waals surface area contributed by atoms with Crippen LogP contribution in [0.1, 0.15) is 19.8 Å². The Balaban J connectivity index is 2.44. The number of alkyl halides is 1. The molecule has 6 heteroatoms. The van der Waals surface area contributed by atoms with E-state index in [1.807, 2.05) is 0 Å². The summed E-state index contributed by atoms with van der Waals surface area (Å²) >= 11 is 5.66. The molecule has 1 rings (SSSR count). The molecule has 0 aromatic heterocycles. The molecule has 92 valence electrons. The zero-order valence-corrected chi connectivity index (χ0v) is 10.3. The van der Waals surface area contributed by atoms with Gasteiger partial charge in [0.05, 0.1) is 7.11 Å². The van der Waals surface area contributed by atoms with Crippen LogP contribution in [0.5, 0.6) is 0 Å². The van der Waals surface area contributed by atoms with Gasteiger partial charge in [0.25, 0.3) is 0 Å². The van der Waals surface area contributed by atoms with Gasteiger partial charge in [-0.25, -0.2) is 4.79 Å². The molecule has 2 unspecified atom stereocenters. The predicted octanol–water partition coefficient (Wildman–Crippen LogP) is 0.961. The molecule has 1 aliphatic heterocycles. The second-order valence-electron chi connectivity index (χ2n) is 3.88. The number of carbonyl (C=O) groups is 2. The smallest absolute Gasteiger partial charge is 0.409 e. The van der Waals surface area contributed by atoms with E-state index in [2.05, 4.69) is 10.1 Å². The molecule has 0 saturated carbocycles. The third-order valence-corrected chi connectivity index (χ3v) is 2.76. The highest BCUT2D eigenvalue weighted by Crippen LogP contribution is 2.11. The maximum atomic E-state index is 11.4. The first-order chi connectivity index (χ1) is 7.54. The number of nitrogens with zero attached hydrogens (tertiary/aromatic N) is 1. The summed E-state index contributed by atoms with van der Waals surface area (Å²) in [5.41, 5.74) is 0. The zero-order valence-electron chi connectivity index (χ0n) is 9.53. The molecule has 0 aromatic carbocycles. The number of amides is 2. The number of piperidine rings is 1. The van der Waals surface area contributed by atoms with Crippen molar-refractivity contribution < 1.29 is 14.3 Å². The average molecular weight is 249 g/mol. The predicted molar refractivity (Wildman–Crippen MR) is 60.5 cm³/mol. The van der Waals surface area contributed by atoms with Gasteiger partial charge in [-0.15, -0.1) is 11.6 Å². The van der Waals surface area contributed by atoms with Crippen molar-refractivity contribution >= 4 is 23.6 Å². The van der Waals surface area contributed by atoms with Gasteiger partial charge in [-0.2, -0.15) is 0 Å². The van der Waals surface area contributed by atoms with E-state index >= 15 is 0 Å². The van der Waals surface area contributed by atoms with Gasteiger partial charge in [0.1, 0.15) is 5.38 Å². The molecule has 0 radical (unpaired) electrons. The Morgan fingerprint density at radius 2 is 2.25 bits per heavy atom. The molecule has 5 nitrogen and oxygen atoms in total. The Hall–Kier alpha value is -0.970. The molecule has 1 aliphatic rings. The fraction of sp³-hybridized carbons (Fsp3) is 0.800. The Morgan fingerprint density at radius 3 is 2.81 bits per heavy atom. The van der Waals surface area contributed by atoms with Crippen molar-refractivity contribution in [3.8, 4) is 0 Å². The van der Waals surface area contributed by atoms with Crippen molar-refractivity contribution in [1.82, 2.24) is 10.2 Å². The van der Waals surface area contributed by atoms with Crippen LogP contribution < -0.4 is 5.32 Å². The average Bonchev–Trinajstić information content (AvgIpc) is 2.28. The molecule has 1 heterocycles. The topological polar surface area (TPSA) is 58.6 Å². The number of likely N-dealkylation sites (tertiary alicyclic amines) is 1. The third-order valence-electron chi connectivity index (χ3n) is 2.56. The minimum atomic E-state index is -0.548. The quantitative estimate of drug-likeness (QED) is 0.741. The van der Waals surface area contributed by atoms with Crippen LogP contribution in [0.25, 0.3) is 0 Å². The van der Waals surface area contributed by atoms with Crippen molar-refractivity contribution in [2.75, 3.05) is 20.2 Å². The minimum absolute atomic E-state index is 0.0263. The van der Waals surface area contributed by atoms with Crippen LogP contribution in [-0.2, 0) is 9.53 Å². The Kier molecular flexibility index (Phi) is 4.86. The second kappa shape index (κ2) is 5.94. The number of carbonyl (C=O) groups excluding carboxylic acids is 2. The summed E-state index contributed by atoms with van der Waals surface area (Å²) in [5.74, 6) is -0.196. The van der Waals surface area contributed by atoms with Crippen LogP contribution in [0, 0.1) is 0 Å². The number of rotatable bonds is 2. The van der Waals surface area contributed by atoms with E-state index in [-0.39, 0.29) is 18.0 Å². The van der Waals surface area contributed by atoms with E-state index in [0.717, 1.165) is 12.8 Å². The van der Waals surface area contributed by atoms with E-state index in [0.29, 0.717) is 13.1 Å². The van der Waals surface area contributed by atoms with E-state index in [1.54, 1.807) is 11.8 Å². The standard InChI is InChI=1S/C10H17ClN2O3/c1-7(11)9(14)12-8-4-3-5-13(6-8)10(15)16-2/h7-8H,3-6H2,1-2H3,(H,12,14). The first-order valence-electron chi connectivity index (χ1n) is 5.32. The van der Waals surface area contributed by atoms with Gasteiger partial charge in [-0.1, -0.05) is 0 Å². The number of ether oxygens (including phenoxy) is 1. The molecular weight excluding hydrogens is 232 g/mol. The molecule has 16 heavy (non-hydrogen) atoms. The fourth-order valence-corrected chi connectivity index (χ4v) is 1.77. The maximum Gasteiger partial charge on any atom is 0.409 e. The highest BCUT2D eigenvalue weighted by molar-refractivity contribution is 6.30. The number of hydrogen-bond donors (Lipinski definition) is 1. The van der Waals surface area contributed by atoms with Gasteiger partial charge in [0, 0.05) is 19.1 Å². The van der Waals surface area contributed by atoms with Crippen molar-refractivity contribution in [2.24, 2.45) is 0 Å². The van der Waals surface area contributed by atoms with Crippen LogP contribution >= 0.6 is 11.6 Å². The first kappa shape index (κ1) is 13.1. The number of halogens is 1. The molecule has 1 fully saturated rings. The highest BCUT2D eigenvalue weighted by atomic mass is 35.5. The van der Waals surface area contributed by atoms with Gasteiger partial charge in [-0.05, 0) is 19.8 Å². The number of hydrogen-bond acceptors (Lipinski definition) is 3. The minimum Gasteiger partial charge on any atom is -0.453 e. The summed E-state index contributed by atoms with van der Waals surface area (Å²) in [6.07, 6.45) is 1.37. The Bertz CT molecular complexity index is 271. The van der Waals surface area contributed by atoms with Crippen LogP contribution in [0.4, 0.5) is 4.79 Å². The lowest BCUT2D eigenvalue weighted by molar-refractivity contribution is -0.121. The lowest BCUT2D eigenvalue weighted by Gasteiger charge is -2.32. The second-order valence-corrected chi connectivity index (χ2v) is 4.53. The lowest BCUT2D eigenvalue weighted by Crippen LogP contribution is -2.50. The van der Waals surface area contributed by atoms with E-state index < -0.39 is 5.38 Å². The van der Waals surface area contributed by atoms with Crippen molar-refractivity contribution in [1.29, 1.82) is 0 Å². The monoisotopic (exact) mass is 248 g/mol. The maximum absolute atomic E-state index is 11.4. The molecule has 0 bridgehead atoms. The summed E-state index contributed by atoms with van der Waals surface area (Å²) in [4.78, 5) is 24.3. The molecular formula is C10H17ClN2O3. The molecule has 1 saturated heterocycles. The van der Waals surface area contributed by atoms with Gasteiger partial charge >= 0.3 is 6.09 Å². The van der Waals surface area contributed by atoms with Gasteiger partial charge in [0.2, 0.25) is 5.91 Å². The normalized spacial score (nSPS) is 22.4. The molecule has 0 spiro atoms. The SMILES string of the molecule is COC(=O)N1CCCC(NC(=O)C(C)Cl)C1. The largest absolute Gasteiger partial charge is 0.453 e. The van der Waals surface area contributed by atoms with E-state index in [1.165, 1.54) is 7.11 Å². The van der Waals surface area contributed by atoms with Crippen molar-refractivity contribution in [2.45, 2.75) is 31.2 Å². The summed E-state index contributed by atoms with van der Waals surface area (Å²) in [7, 11) is 1.35. The first-order valence-corrected chi connectivity index (χ1v) is 5.75. The summed E-state index contributed by atoms with van der Waals surface area (Å²) in [6, 6.07) is -0.0263. The summed E-state index contributed by atoms with van der Waals surface area (Å²) in [5, 5.41) is 2.26. The summed E-state index contributed by atoms with van der Waals surface area (Å²) in [6.45, 7) is 2.79. The van der Waals surface area contributed by atoms with Gasteiger partial charge in [0.15, 0.2) is 0 Å². The van der Waals surface area contributed by atoms with Crippen LogP contribution in [-0.4, -0.2) is 48.5 Å². The molecule has 2 amide bonds. The number of methoxy groups -OCH3 is 1. The van der Waals surface area contributed by atoms with E-state index in [4.69, 9.17) is 11.6 Å². The van der Waals surface area contributed by atoms with Crippen LogP contribution in [0.3, 0.4) is 0 Å². The molecule has 0 aliphatic carbocycles. The lowest BCUT2D eigenvalue weighted by atomic mass is 10.1. The Labute approximate surface area is 100 Å². The van der Waals surface area contributed by atoms with E-state index in [9.17, 15) is 9.59 Å². The van der Waals surface area contributed by atoms with Gasteiger partial charge in [-0.3, -0.25) is 4.79 Å². The molecule has 2 atom stereocenters. The van der Waals surface area contributed by atoms with Gasteiger partial charge < -0.3 is 15.0 Å². The number of nitrogens with one attached hydrogen (secondary N) is 1. The fourth-order valence-electron chi connectivity index (χ4n) is 1.71. The van der Waals surface area contributed by atoms with Crippen LogP contribution in [0.2, 0.25) is 0 Å². The zero-order chi connectivity index (χ0) is 12.1. The van der Waals surface area contributed by atoms with Crippen molar-refractivity contribution in [3.05, 3.63) is 0 Å². The highest BCUT2D eigenvalue weighted by Gasteiger charge is 2.25. The van der Waals surface area contributed by atoms with Crippen LogP contribution in [0.15, 0.2) is 0 Å².